The second kappa shape index (κ2) is 7.53. The van der Waals surface area contributed by atoms with E-state index in [1.54, 1.807) is 19.1 Å². The maximum atomic E-state index is 13.4. The number of pyridine rings is 1. The minimum Gasteiger partial charge on any atom is -0.306 e. The molecule has 2 heterocycles. The Balaban J connectivity index is 1.65. The van der Waals surface area contributed by atoms with Crippen LogP contribution in [0.25, 0.3) is 16.9 Å². The molecule has 2 aromatic heterocycles. The molecule has 4 aromatic rings. The van der Waals surface area contributed by atoms with E-state index in [4.69, 9.17) is 0 Å². The molecule has 0 aliphatic heterocycles. The van der Waals surface area contributed by atoms with Crippen molar-refractivity contribution in [3.8, 4) is 11.3 Å². The second-order valence-electron chi connectivity index (χ2n) is 7.22. The normalized spacial score (nSPS) is 11.7. The first-order chi connectivity index (χ1) is 14.2. The monoisotopic (exact) mass is 427 g/mol. The van der Waals surface area contributed by atoms with Crippen LogP contribution in [0.1, 0.15) is 16.7 Å². The average molecular weight is 427 g/mol. The summed E-state index contributed by atoms with van der Waals surface area (Å²) in [5.74, 6) is -2.18. The van der Waals surface area contributed by atoms with Gasteiger partial charge in [-0.05, 0) is 54.8 Å². The van der Waals surface area contributed by atoms with E-state index in [2.05, 4.69) is 9.71 Å². The van der Waals surface area contributed by atoms with Gasteiger partial charge in [-0.25, -0.2) is 22.2 Å². The largest absolute Gasteiger partial charge is 0.306 e. The van der Waals surface area contributed by atoms with Crippen LogP contribution in [0.15, 0.2) is 60.9 Å². The van der Waals surface area contributed by atoms with Gasteiger partial charge in [-0.2, -0.15) is 0 Å². The molecule has 0 unspecified atom stereocenters. The van der Waals surface area contributed by atoms with E-state index in [0.29, 0.717) is 23.0 Å². The minimum atomic E-state index is -3.88. The molecule has 5 nitrogen and oxygen atoms in total. The Bertz CT molecular complexity index is 1340. The molecule has 0 aliphatic carbocycles. The highest BCUT2D eigenvalue weighted by Gasteiger charge is 2.16. The predicted molar refractivity (Wildman–Crippen MR) is 113 cm³/mol. The summed E-state index contributed by atoms with van der Waals surface area (Å²) in [5.41, 5.74) is 4.44. The highest BCUT2D eigenvalue weighted by Crippen LogP contribution is 2.27. The summed E-state index contributed by atoms with van der Waals surface area (Å²) in [4.78, 5) is 4.64. The van der Waals surface area contributed by atoms with E-state index in [0.717, 1.165) is 28.9 Å². The highest BCUT2D eigenvalue weighted by molar-refractivity contribution is 7.91. The highest BCUT2D eigenvalue weighted by atomic mass is 32.2. The zero-order chi connectivity index (χ0) is 21.5. The topological polar surface area (TPSA) is 63.5 Å². The van der Waals surface area contributed by atoms with Gasteiger partial charge in [0, 0.05) is 24.0 Å². The Morgan fingerprint density at radius 1 is 1.00 bits per heavy atom. The van der Waals surface area contributed by atoms with Crippen molar-refractivity contribution in [3.63, 3.8) is 0 Å². The third-order valence-electron chi connectivity index (χ3n) is 4.76. The van der Waals surface area contributed by atoms with Crippen molar-refractivity contribution >= 4 is 21.4 Å². The molecule has 0 fully saturated rings. The number of fused-ring (bicyclic) bond motifs is 1. The molecule has 8 heteroatoms. The van der Waals surface area contributed by atoms with Crippen molar-refractivity contribution in [3.05, 3.63) is 89.2 Å². The molecule has 0 atom stereocenters. The van der Waals surface area contributed by atoms with Gasteiger partial charge >= 0.3 is 0 Å². The molecule has 154 valence electrons. The fourth-order valence-corrected chi connectivity index (χ4v) is 4.53. The van der Waals surface area contributed by atoms with E-state index in [1.165, 1.54) is 0 Å². The fraction of sp³-hybridized carbons (Fsp3) is 0.136. The number of hydrogen-bond acceptors (Lipinski definition) is 3. The first kappa shape index (κ1) is 20.0. The van der Waals surface area contributed by atoms with E-state index in [9.17, 15) is 17.2 Å². The second-order valence-corrected chi connectivity index (χ2v) is 8.94. The number of nitrogens with one attached hydrogen (secondary N) is 1. The lowest BCUT2D eigenvalue weighted by atomic mass is 10.1. The smallest absolute Gasteiger partial charge is 0.236 e. The SMILES string of the molecule is Cc1ccc(-c2cn3cccc(C)c3n2)cc1NS(=O)(=O)Cc1cc(F)cc(F)c1. The first-order valence-electron chi connectivity index (χ1n) is 9.21. The number of benzene rings is 2. The maximum absolute atomic E-state index is 13.4. The van der Waals surface area contributed by atoms with Gasteiger partial charge in [0.25, 0.3) is 0 Å². The van der Waals surface area contributed by atoms with Crippen molar-refractivity contribution in [1.82, 2.24) is 9.38 Å². The summed E-state index contributed by atoms with van der Waals surface area (Å²) >= 11 is 0. The van der Waals surface area contributed by atoms with Gasteiger partial charge in [-0.15, -0.1) is 0 Å². The summed E-state index contributed by atoms with van der Waals surface area (Å²) in [5, 5.41) is 0. The van der Waals surface area contributed by atoms with Crippen LogP contribution >= 0.6 is 0 Å². The molecule has 0 aliphatic rings. The molecule has 0 amide bonds. The van der Waals surface area contributed by atoms with Gasteiger partial charge in [-0.3, -0.25) is 4.72 Å². The summed E-state index contributed by atoms with van der Waals surface area (Å²) < 4.78 is 56.4. The van der Waals surface area contributed by atoms with Gasteiger partial charge in [0.15, 0.2) is 0 Å². The number of anilines is 1. The number of hydrogen-bond donors (Lipinski definition) is 1. The molecule has 0 saturated heterocycles. The minimum absolute atomic E-state index is 0.0321. The van der Waals surface area contributed by atoms with Crippen LogP contribution in [-0.2, 0) is 15.8 Å². The number of nitrogens with zero attached hydrogens (tertiary/aromatic N) is 2. The van der Waals surface area contributed by atoms with E-state index in [1.807, 2.05) is 41.9 Å². The van der Waals surface area contributed by atoms with E-state index in [-0.39, 0.29) is 5.56 Å². The first-order valence-corrected chi connectivity index (χ1v) is 10.9. The summed E-state index contributed by atoms with van der Waals surface area (Å²) in [6.07, 6.45) is 3.77. The Kier molecular flexibility index (Phi) is 5.03. The number of aromatic nitrogens is 2. The van der Waals surface area contributed by atoms with Crippen LogP contribution in [0, 0.1) is 25.5 Å². The number of sulfonamides is 1. The van der Waals surface area contributed by atoms with E-state index < -0.39 is 27.4 Å². The van der Waals surface area contributed by atoms with Crippen LogP contribution in [0.4, 0.5) is 14.5 Å². The quantitative estimate of drug-likeness (QED) is 0.496. The molecule has 30 heavy (non-hydrogen) atoms. The molecule has 0 spiro atoms. The molecule has 0 radical (unpaired) electrons. The van der Waals surface area contributed by atoms with Gasteiger partial charge in [0.05, 0.1) is 17.1 Å². The van der Waals surface area contributed by atoms with Crippen molar-refractivity contribution in [2.45, 2.75) is 19.6 Å². The number of halogens is 2. The molecule has 0 bridgehead atoms. The van der Waals surface area contributed by atoms with Gasteiger partial charge < -0.3 is 4.40 Å². The van der Waals surface area contributed by atoms with Crippen LogP contribution < -0.4 is 4.72 Å². The zero-order valence-corrected chi connectivity index (χ0v) is 17.2. The maximum Gasteiger partial charge on any atom is 0.236 e. The lowest BCUT2D eigenvalue weighted by Gasteiger charge is -2.12. The van der Waals surface area contributed by atoms with Gasteiger partial charge in [0.2, 0.25) is 10.0 Å². The Morgan fingerprint density at radius 3 is 2.43 bits per heavy atom. The van der Waals surface area contributed by atoms with Crippen molar-refractivity contribution in [2.24, 2.45) is 0 Å². The Morgan fingerprint density at radius 2 is 1.73 bits per heavy atom. The molecule has 1 N–H and O–H groups in total. The average Bonchev–Trinajstić information content (AvgIpc) is 3.08. The van der Waals surface area contributed by atoms with Gasteiger partial charge in [0.1, 0.15) is 17.3 Å². The Labute approximate surface area is 173 Å². The van der Waals surface area contributed by atoms with E-state index >= 15 is 0 Å². The molecule has 4 rings (SSSR count). The van der Waals surface area contributed by atoms with Crippen LogP contribution in [-0.4, -0.2) is 17.8 Å². The molecular formula is C22H19F2N3O2S. The molecular weight excluding hydrogens is 408 g/mol. The van der Waals surface area contributed by atoms with Crippen LogP contribution in [0.2, 0.25) is 0 Å². The molecule has 2 aromatic carbocycles. The predicted octanol–water partition coefficient (Wildman–Crippen LogP) is 4.84. The van der Waals surface area contributed by atoms with Crippen LogP contribution in [0.3, 0.4) is 0 Å². The Hall–Kier alpha value is -3.26. The van der Waals surface area contributed by atoms with Crippen molar-refractivity contribution < 1.29 is 17.2 Å². The summed E-state index contributed by atoms with van der Waals surface area (Å²) in [6, 6.07) is 12.0. The number of imidazole rings is 1. The summed E-state index contributed by atoms with van der Waals surface area (Å²) in [6.45, 7) is 3.74. The van der Waals surface area contributed by atoms with Crippen molar-refractivity contribution in [2.75, 3.05) is 4.72 Å². The number of aryl methyl sites for hydroxylation is 2. The van der Waals surface area contributed by atoms with Crippen LogP contribution in [0.5, 0.6) is 0 Å². The third-order valence-corrected chi connectivity index (χ3v) is 6.00. The fourth-order valence-electron chi connectivity index (χ4n) is 3.30. The third kappa shape index (κ3) is 4.18. The summed E-state index contributed by atoms with van der Waals surface area (Å²) in [7, 11) is -3.88. The lowest BCUT2D eigenvalue weighted by molar-refractivity contribution is 0.579. The van der Waals surface area contributed by atoms with Gasteiger partial charge in [-0.1, -0.05) is 18.2 Å². The molecule has 0 saturated carbocycles. The lowest BCUT2D eigenvalue weighted by Crippen LogP contribution is -2.16. The van der Waals surface area contributed by atoms with Crippen molar-refractivity contribution in [1.29, 1.82) is 0 Å². The number of rotatable bonds is 5. The zero-order valence-electron chi connectivity index (χ0n) is 16.4. The standard InChI is InChI=1S/C22H19F2N3O2S/c1-14-5-6-17(21-12-27-7-3-4-15(2)22(27)25-21)10-20(14)26-30(28,29)13-16-8-18(23)11-19(24)9-16/h3-12,26H,13H2,1-2H3.